The Balaban J connectivity index is 2.84. The average Bonchev–Trinajstić information content (AvgIpc) is 2.35. The van der Waals surface area contributed by atoms with E-state index in [1.54, 1.807) is 26.0 Å². The maximum Gasteiger partial charge on any atom is 0.167 e. The minimum atomic E-state index is -0.952. The monoisotopic (exact) mass is 167 g/mol. The van der Waals surface area contributed by atoms with Gasteiger partial charge in [-0.1, -0.05) is 11.2 Å². The van der Waals surface area contributed by atoms with Gasteiger partial charge >= 0.3 is 0 Å². The minimum Gasteiger partial charge on any atom is -0.382 e. The second-order valence-corrected chi connectivity index (χ2v) is 3.23. The summed E-state index contributed by atoms with van der Waals surface area (Å²) in [5.41, 5.74) is -0.158. The maximum atomic E-state index is 9.51. The van der Waals surface area contributed by atoms with E-state index < -0.39 is 5.60 Å². The van der Waals surface area contributed by atoms with Gasteiger partial charge in [-0.15, -0.1) is 6.58 Å². The molecule has 0 saturated heterocycles. The van der Waals surface area contributed by atoms with Crippen LogP contribution in [0.25, 0.3) is 0 Å². The standard InChI is InChI=1S/C9H13NO2/c1-4-5-7-6-8(12-10-7)9(2,3)11/h4,6,11H,1,5H2,2-3H3. The molecule has 12 heavy (non-hydrogen) atoms. The first-order chi connectivity index (χ1) is 5.54. The molecular weight excluding hydrogens is 154 g/mol. The van der Waals surface area contributed by atoms with Crippen molar-refractivity contribution >= 4 is 0 Å². The number of aromatic nitrogens is 1. The molecule has 66 valence electrons. The fourth-order valence-electron chi connectivity index (χ4n) is 0.844. The third-order valence-corrected chi connectivity index (χ3v) is 1.52. The van der Waals surface area contributed by atoms with Gasteiger partial charge in [0.15, 0.2) is 5.76 Å². The van der Waals surface area contributed by atoms with Crippen molar-refractivity contribution in [3.8, 4) is 0 Å². The lowest BCUT2D eigenvalue weighted by molar-refractivity contribution is 0.0475. The number of hydrogen-bond acceptors (Lipinski definition) is 3. The highest BCUT2D eigenvalue weighted by Gasteiger charge is 2.21. The van der Waals surface area contributed by atoms with E-state index in [2.05, 4.69) is 11.7 Å². The smallest absolute Gasteiger partial charge is 0.167 e. The van der Waals surface area contributed by atoms with Crippen LogP contribution in [0.15, 0.2) is 23.2 Å². The normalized spacial score (nSPS) is 11.6. The molecule has 0 spiro atoms. The Labute approximate surface area is 71.7 Å². The lowest BCUT2D eigenvalue weighted by Gasteiger charge is -2.10. The lowest BCUT2D eigenvalue weighted by atomic mass is 10.1. The molecule has 0 atom stereocenters. The zero-order chi connectivity index (χ0) is 9.19. The summed E-state index contributed by atoms with van der Waals surface area (Å²) in [5, 5.41) is 13.3. The van der Waals surface area contributed by atoms with Gasteiger partial charge in [-0.2, -0.15) is 0 Å². The molecule has 0 aliphatic carbocycles. The Morgan fingerprint density at radius 2 is 2.42 bits per heavy atom. The van der Waals surface area contributed by atoms with Crippen LogP contribution in [-0.4, -0.2) is 10.3 Å². The van der Waals surface area contributed by atoms with E-state index in [9.17, 15) is 5.11 Å². The van der Waals surface area contributed by atoms with Gasteiger partial charge < -0.3 is 9.63 Å². The van der Waals surface area contributed by atoms with E-state index in [1.807, 2.05) is 0 Å². The molecule has 1 aromatic rings. The zero-order valence-corrected chi connectivity index (χ0v) is 7.37. The zero-order valence-electron chi connectivity index (χ0n) is 7.37. The average molecular weight is 167 g/mol. The van der Waals surface area contributed by atoms with Crippen molar-refractivity contribution in [2.75, 3.05) is 0 Å². The van der Waals surface area contributed by atoms with Gasteiger partial charge in [0, 0.05) is 12.5 Å². The fraction of sp³-hybridized carbons (Fsp3) is 0.444. The van der Waals surface area contributed by atoms with Gasteiger partial charge in [-0.05, 0) is 13.8 Å². The van der Waals surface area contributed by atoms with E-state index in [0.717, 1.165) is 5.69 Å². The van der Waals surface area contributed by atoms with Gasteiger partial charge in [0.2, 0.25) is 0 Å². The largest absolute Gasteiger partial charge is 0.382 e. The van der Waals surface area contributed by atoms with Crippen LogP contribution in [-0.2, 0) is 12.0 Å². The summed E-state index contributed by atoms with van der Waals surface area (Å²) in [7, 11) is 0. The number of nitrogens with zero attached hydrogens (tertiary/aromatic N) is 1. The predicted molar refractivity (Wildman–Crippen MR) is 45.6 cm³/mol. The highest BCUT2D eigenvalue weighted by Crippen LogP contribution is 2.20. The van der Waals surface area contributed by atoms with Crippen molar-refractivity contribution in [1.29, 1.82) is 0 Å². The third-order valence-electron chi connectivity index (χ3n) is 1.52. The lowest BCUT2D eigenvalue weighted by Crippen LogP contribution is -2.13. The molecule has 0 aliphatic heterocycles. The van der Waals surface area contributed by atoms with Crippen molar-refractivity contribution in [2.24, 2.45) is 0 Å². The molecule has 0 amide bonds. The highest BCUT2D eigenvalue weighted by molar-refractivity contribution is 5.12. The van der Waals surface area contributed by atoms with E-state index >= 15 is 0 Å². The van der Waals surface area contributed by atoms with Gasteiger partial charge in [0.1, 0.15) is 5.60 Å². The summed E-state index contributed by atoms with van der Waals surface area (Å²) in [4.78, 5) is 0. The van der Waals surface area contributed by atoms with Crippen molar-refractivity contribution in [1.82, 2.24) is 5.16 Å². The molecule has 1 rings (SSSR count). The van der Waals surface area contributed by atoms with Crippen molar-refractivity contribution < 1.29 is 9.63 Å². The molecule has 0 aliphatic rings. The fourth-order valence-corrected chi connectivity index (χ4v) is 0.844. The molecule has 1 aromatic heterocycles. The molecule has 0 fully saturated rings. The van der Waals surface area contributed by atoms with Crippen LogP contribution in [0.3, 0.4) is 0 Å². The summed E-state index contributed by atoms with van der Waals surface area (Å²) < 4.78 is 4.93. The Kier molecular flexibility index (Phi) is 2.33. The van der Waals surface area contributed by atoms with E-state index in [0.29, 0.717) is 12.2 Å². The van der Waals surface area contributed by atoms with Crippen LogP contribution in [0.4, 0.5) is 0 Å². The van der Waals surface area contributed by atoms with Gasteiger partial charge in [-0.25, -0.2) is 0 Å². The Hall–Kier alpha value is -1.09. The molecule has 0 radical (unpaired) electrons. The van der Waals surface area contributed by atoms with Crippen molar-refractivity contribution in [2.45, 2.75) is 25.9 Å². The Bertz CT molecular complexity index is 270. The van der Waals surface area contributed by atoms with Crippen LogP contribution in [0.1, 0.15) is 25.3 Å². The van der Waals surface area contributed by atoms with Crippen LogP contribution in [0, 0.1) is 0 Å². The first-order valence-electron chi connectivity index (χ1n) is 3.83. The molecular formula is C9H13NO2. The van der Waals surface area contributed by atoms with Crippen molar-refractivity contribution in [3.63, 3.8) is 0 Å². The molecule has 0 aromatic carbocycles. The summed E-state index contributed by atoms with van der Waals surface area (Å²) >= 11 is 0. The van der Waals surface area contributed by atoms with Crippen molar-refractivity contribution in [3.05, 3.63) is 30.2 Å². The molecule has 1 heterocycles. The van der Waals surface area contributed by atoms with Crippen LogP contribution < -0.4 is 0 Å². The van der Waals surface area contributed by atoms with Crippen LogP contribution >= 0.6 is 0 Å². The SMILES string of the molecule is C=CCc1cc(C(C)(C)O)on1. The Morgan fingerprint density at radius 1 is 1.75 bits per heavy atom. The number of allylic oxidation sites excluding steroid dienone is 1. The molecule has 0 saturated carbocycles. The molecule has 3 nitrogen and oxygen atoms in total. The molecule has 0 unspecified atom stereocenters. The van der Waals surface area contributed by atoms with E-state index in [4.69, 9.17) is 4.52 Å². The third kappa shape index (κ3) is 1.95. The summed E-state index contributed by atoms with van der Waals surface area (Å²) in [6.45, 7) is 6.90. The minimum absolute atomic E-state index is 0.486. The van der Waals surface area contributed by atoms with E-state index in [-0.39, 0.29) is 0 Å². The van der Waals surface area contributed by atoms with Crippen LogP contribution in [0.5, 0.6) is 0 Å². The topological polar surface area (TPSA) is 46.3 Å². The first kappa shape index (κ1) is 9.00. The summed E-state index contributed by atoms with van der Waals surface area (Å²) in [6, 6.07) is 1.74. The summed E-state index contributed by atoms with van der Waals surface area (Å²) in [6.07, 6.45) is 2.41. The van der Waals surface area contributed by atoms with E-state index in [1.165, 1.54) is 0 Å². The first-order valence-corrected chi connectivity index (χ1v) is 3.83. The number of aliphatic hydroxyl groups is 1. The van der Waals surface area contributed by atoms with Crippen LogP contribution in [0.2, 0.25) is 0 Å². The quantitative estimate of drug-likeness (QED) is 0.696. The second kappa shape index (κ2) is 3.11. The van der Waals surface area contributed by atoms with Gasteiger partial charge in [0.05, 0.1) is 5.69 Å². The number of rotatable bonds is 3. The van der Waals surface area contributed by atoms with Gasteiger partial charge in [0.25, 0.3) is 0 Å². The molecule has 0 bridgehead atoms. The second-order valence-electron chi connectivity index (χ2n) is 3.23. The predicted octanol–water partition coefficient (Wildman–Crippen LogP) is 1.63. The van der Waals surface area contributed by atoms with Gasteiger partial charge in [-0.3, -0.25) is 0 Å². The maximum absolute atomic E-state index is 9.51. The molecule has 3 heteroatoms. The summed E-state index contributed by atoms with van der Waals surface area (Å²) in [5.74, 6) is 0.486. The number of hydrogen-bond donors (Lipinski definition) is 1. The molecule has 1 N–H and O–H groups in total. The highest BCUT2D eigenvalue weighted by atomic mass is 16.5. The Morgan fingerprint density at radius 3 is 2.83 bits per heavy atom.